The first kappa shape index (κ1) is 23.1. The van der Waals surface area contributed by atoms with Crippen molar-refractivity contribution in [2.24, 2.45) is 5.92 Å². The van der Waals surface area contributed by atoms with Crippen LogP contribution in [0.25, 0.3) is 0 Å². The molecule has 1 saturated carbocycles. The molecule has 4 rings (SSSR count). The van der Waals surface area contributed by atoms with Crippen molar-refractivity contribution < 1.29 is 23.0 Å². The Labute approximate surface area is 189 Å². The highest BCUT2D eigenvalue weighted by Gasteiger charge is 2.44. The predicted octanol–water partition coefficient (Wildman–Crippen LogP) is 6.04. The zero-order valence-corrected chi connectivity index (χ0v) is 19.7. The summed E-state index contributed by atoms with van der Waals surface area (Å²) in [6.45, 7) is 8.04. The van der Waals surface area contributed by atoms with E-state index in [0.717, 1.165) is 37.9 Å². The van der Waals surface area contributed by atoms with Gasteiger partial charge in [-0.25, -0.2) is 8.78 Å². The second-order valence-corrected chi connectivity index (χ2v) is 10.5. The molecule has 1 aliphatic carbocycles. The molecule has 3 unspecified atom stereocenters. The molecule has 2 fully saturated rings. The third-order valence-corrected chi connectivity index (χ3v) is 7.20. The number of methoxy groups -OCH3 is 1. The van der Waals surface area contributed by atoms with E-state index in [4.69, 9.17) is 25.8 Å². The summed E-state index contributed by atoms with van der Waals surface area (Å²) in [5, 5.41) is 0.517. The summed E-state index contributed by atoms with van der Waals surface area (Å²) in [7, 11) is 1.57. The van der Waals surface area contributed by atoms with E-state index >= 15 is 0 Å². The Morgan fingerprint density at radius 1 is 1.23 bits per heavy atom. The van der Waals surface area contributed by atoms with E-state index in [0.29, 0.717) is 29.4 Å². The number of alkyl halides is 2. The van der Waals surface area contributed by atoms with Crippen LogP contribution >= 0.6 is 11.6 Å². The molecule has 31 heavy (non-hydrogen) atoms. The Morgan fingerprint density at radius 3 is 2.65 bits per heavy atom. The molecule has 0 radical (unpaired) electrons. The minimum atomic E-state index is -2.66. The van der Waals surface area contributed by atoms with E-state index in [-0.39, 0.29) is 30.8 Å². The number of hydrogen-bond acceptors (Lipinski definition) is 4. The number of rotatable bonds is 5. The van der Waals surface area contributed by atoms with Crippen molar-refractivity contribution in [3.63, 3.8) is 0 Å². The molecule has 2 heterocycles. The Bertz CT molecular complexity index is 811. The molecule has 0 spiro atoms. The molecular weight excluding hydrogens is 424 g/mol. The first-order valence-electron chi connectivity index (χ1n) is 11.4. The van der Waals surface area contributed by atoms with E-state index < -0.39 is 11.8 Å². The van der Waals surface area contributed by atoms with E-state index in [2.05, 4.69) is 25.7 Å². The molecule has 0 bridgehead atoms. The van der Waals surface area contributed by atoms with Gasteiger partial charge in [-0.1, -0.05) is 11.6 Å². The molecular formula is C24H34ClF2NO3. The minimum Gasteiger partial charge on any atom is -0.493 e. The van der Waals surface area contributed by atoms with Crippen LogP contribution in [0.3, 0.4) is 0 Å². The molecule has 1 saturated heterocycles. The Morgan fingerprint density at radius 2 is 2.00 bits per heavy atom. The summed E-state index contributed by atoms with van der Waals surface area (Å²) in [5.74, 6) is -2.50. The Kier molecular flexibility index (Phi) is 6.46. The van der Waals surface area contributed by atoms with Crippen LogP contribution in [0.5, 0.6) is 11.5 Å². The van der Waals surface area contributed by atoms with Crippen molar-refractivity contribution in [2.75, 3.05) is 26.8 Å². The van der Waals surface area contributed by atoms with Gasteiger partial charge < -0.3 is 14.2 Å². The van der Waals surface area contributed by atoms with Crippen LogP contribution in [0.4, 0.5) is 8.78 Å². The maximum Gasteiger partial charge on any atom is 0.254 e. The van der Waals surface area contributed by atoms with Crippen molar-refractivity contribution in [1.82, 2.24) is 4.90 Å². The average molecular weight is 458 g/mol. The van der Waals surface area contributed by atoms with Crippen LogP contribution in [0.2, 0.25) is 5.02 Å². The molecule has 1 aromatic carbocycles. The molecule has 0 aromatic heterocycles. The van der Waals surface area contributed by atoms with Crippen LogP contribution in [-0.2, 0) is 11.2 Å². The number of halogens is 3. The number of ether oxygens (including phenoxy) is 3. The molecule has 2 aliphatic heterocycles. The van der Waals surface area contributed by atoms with Gasteiger partial charge in [0, 0.05) is 25.6 Å². The largest absolute Gasteiger partial charge is 0.493 e. The van der Waals surface area contributed by atoms with Gasteiger partial charge in [0.05, 0.1) is 36.4 Å². The number of hydrogen-bond donors (Lipinski definition) is 0. The van der Waals surface area contributed by atoms with E-state index in [1.54, 1.807) is 7.11 Å². The van der Waals surface area contributed by atoms with Crippen LogP contribution in [0, 0.1) is 5.92 Å². The topological polar surface area (TPSA) is 30.9 Å². The summed E-state index contributed by atoms with van der Waals surface area (Å²) in [6.07, 6.45) is 3.96. The average Bonchev–Trinajstić information content (AvgIpc) is 3.03. The van der Waals surface area contributed by atoms with Gasteiger partial charge in [-0.3, -0.25) is 4.90 Å². The van der Waals surface area contributed by atoms with Gasteiger partial charge in [0.25, 0.3) is 5.92 Å². The quantitative estimate of drug-likeness (QED) is 0.539. The maximum atomic E-state index is 14.0. The first-order valence-corrected chi connectivity index (χ1v) is 11.8. The predicted molar refractivity (Wildman–Crippen MR) is 118 cm³/mol. The highest BCUT2D eigenvalue weighted by molar-refractivity contribution is 6.33. The molecule has 1 aromatic rings. The first-order chi connectivity index (χ1) is 14.6. The van der Waals surface area contributed by atoms with Crippen molar-refractivity contribution >= 4 is 11.6 Å². The summed E-state index contributed by atoms with van der Waals surface area (Å²) in [6, 6.07) is 2.27. The highest BCUT2D eigenvalue weighted by Crippen LogP contribution is 2.48. The molecule has 4 nitrogen and oxygen atoms in total. The van der Waals surface area contributed by atoms with Gasteiger partial charge >= 0.3 is 0 Å². The number of fused-ring (bicyclic) bond motifs is 3. The summed E-state index contributed by atoms with van der Waals surface area (Å²) in [4.78, 5) is 2.47. The minimum absolute atomic E-state index is 0.0385. The summed E-state index contributed by atoms with van der Waals surface area (Å²) < 4.78 is 45.8. The lowest BCUT2D eigenvalue weighted by molar-refractivity contribution is -0.0971. The maximum absolute atomic E-state index is 14.0. The second-order valence-electron chi connectivity index (χ2n) is 10.1. The molecule has 174 valence electrons. The van der Waals surface area contributed by atoms with Crippen molar-refractivity contribution in [3.05, 3.63) is 22.2 Å². The van der Waals surface area contributed by atoms with E-state index in [1.807, 2.05) is 6.07 Å². The summed E-state index contributed by atoms with van der Waals surface area (Å²) >= 11 is 6.78. The van der Waals surface area contributed by atoms with Crippen molar-refractivity contribution in [2.45, 2.75) is 83.0 Å². The lowest BCUT2D eigenvalue weighted by Gasteiger charge is -2.45. The van der Waals surface area contributed by atoms with Crippen molar-refractivity contribution in [3.8, 4) is 11.5 Å². The van der Waals surface area contributed by atoms with Gasteiger partial charge in [-0.2, -0.15) is 0 Å². The molecule has 0 amide bonds. The van der Waals surface area contributed by atoms with E-state index in [9.17, 15) is 8.78 Å². The third kappa shape index (κ3) is 4.81. The lowest BCUT2D eigenvalue weighted by Crippen LogP contribution is -2.47. The molecule has 3 aliphatic rings. The van der Waals surface area contributed by atoms with E-state index in [1.165, 1.54) is 5.56 Å². The third-order valence-electron chi connectivity index (χ3n) is 6.80. The normalized spacial score (nSPS) is 28.2. The van der Waals surface area contributed by atoms with Gasteiger partial charge in [-0.05, 0) is 70.1 Å². The van der Waals surface area contributed by atoms with Gasteiger partial charge in [0.15, 0.2) is 11.5 Å². The standard InChI is InChI=1S/C24H34ClF2NO3/c1-23(2,3)31-16-7-8-19-18-12-20(29-4)22(21(25)17(18)9-11-28(19)13-16)30-14-15-6-5-10-24(15,26)27/h12,15-16,19H,5-11,13-14H2,1-4H3. The van der Waals surface area contributed by atoms with Crippen LogP contribution in [-0.4, -0.2) is 49.3 Å². The monoisotopic (exact) mass is 457 g/mol. The number of benzene rings is 1. The van der Waals surface area contributed by atoms with Crippen LogP contribution < -0.4 is 9.47 Å². The zero-order chi connectivity index (χ0) is 22.4. The Hall–Kier alpha value is -1.11. The second kappa shape index (κ2) is 8.68. The smallest absolute Gasteiger partial charge is 0.254 e. The number of nitrogens with zero attached hydrogens (tertiary/aromatic N) is 1. The van der Waals surface area contributed by atoms with Gasteiger partial charge in [0.1, 0.15) is 0 Å². The van der Waals surface area contributed by atoms with Gasteiger partial charge in [0.2, 0.25) is 0 Å². The molecule has 3 atom stereocenters. The highest BCUT2D eigenvalue weighted by atomic mass is 35.5. The molecule has 7 heteroatoms. The molecule has 0 N–H and O–H groups in total. The fourth-order valence-electron chi connectivity index (χ4n) is 5.35. The fraction of sp³-hybridized carbons (Fsp3) is 0.750. The number of piperidine rings is 1. The van der Waals surface area contributed by atoms with Crippen molar-refractivity contribution in [1.29, 1.82) is 0 Å². The zero-order valence-electron chi connectivity index (χ0n) is 19.0. The fourth-order valence-corrected chi connectivity index (χ4v) is 5.70. The summed E-state index contributed by atoms with van der Waals surface area (Å²) in [5.41, 5.74) is 2.08. The SMILES string of the molecule is COc1cc2c(c(Cl)c1OCC1CCCC1(F)F)CCN1CC(OC(C)(C)C)CCC21. The van der Waals surface area contributed by atoms with Gasteiger partial charge in [-0.15, -0.1) is 0 Å². The Balaban J connectivity index is 1.53. The lowest BCUT2D eigenvalue weighted by atomic mass is 9.85. The van der Waals surface area contributed by atoms with Crippen LogP contribution in [0.15, 0.2) is 6.07 Å². The van der Waals surface area contributed by atoms with Crippen LogP contribution in [0.1, 0.15) is 70.0 Å².